The molecule has 0 atom stereocenters. The molecule has 1 aliphatic heterocycles. The summed E-state index contributed by atoms with van der Waals surface area (Å²) in [6.45, 7) is 6.35. The number of aliphatic hydroxyl groups is 1. The summed E-state index contributed by atoms with van der Waals surface area (Å²) in [5, 5.41) is 12.6. The van der Waals surface area contributed by atoms with E-state index in [0.717, 1.165) is 38.2 Å². The predicted molar refractivity (Wildman–Crippen MR) is 117 cm³/mol. The number of carbonyl (C=O) groups is 1. The van der Waals surface area contributed by atoms with Gasteiger partial charge in [0, 0.05) is 37.9 Å². The molecule has 0 spiro atoms. The third kappa shape index (κ3) is 6.29. The maximum atomic E-state index is 12.8. The van der Waals surface area contributed by atoms with Crippen molar-refractivity contribution in [3.05, 3.63) is 59.8 Å². The van der Waals surface area contributed by atoms with Crippen LogP contribution < -0.4 is 5.32 Å². The summed E-state index contributed by atoms with van der Waals surface area (Å²) in [4.78, 5) is 19.1. The van der Waals surface area contributed by atoms with Crippen LogP contribution >= 0.6 is 0 Å². The molecule has 1 amide bonds. The molecule has 2 heterocycles. The second-order valence-electron chi connectivity index (χ2n) is 8.87. The number of amides is 1. The van der Waals surface area contributed by atoms with E-state index in [1.165, 1.54) is 12.0 Å². The fourth-order valence-corrected chi connectivity index (χ4v) is 3.63. The van der Waals surface area contributed by atoms with Gasteiger partial charge in [0.05, 0.1) is 5.56 Å². The highest BCUT2D eigenvalue weighted by Crippen LogP contribution is 2.24. The van der Waals surface area contributed by atoms with E-state index in [9.17, 15) is 9.90 Å². The SMILES string of the molecule is CC(C)(CO)CNc1ccc(C(=O)N2CCC(CCc3ccccc3)CC2)cn1. The van der Waals surface area contributed by atoms with Gasteiger partial charge < -0.3 is 15.3 Å². The molecule has 0 bridgehead atoms. The smallest absolute Gasteiger partial charge is 0.255 e. The standard InChI is InChI=1S/C24H33N3O2/c1-24(2,18-28)17-26-22-11-10-21(16-25-22)23(29)27-14-12-20(13-15-27)9-8-19-6-4-3-5-7-19/h3-7,10-11,16,20,28H,8-9,12-15,17-18H2,1-2H3,(H,25,26). The summed E-state index contributed by atoms with van der Waals surface area (Å²) in [6, 6.07) is 14.3. The maximum absolute atomic E-state index is 12.8. The Bertz CT molecular complexity index is 766. The van der Waals surface area contributed by atoms with Crippen LogP contribution in [0.3, 0.4) is 0 Å². The minimum atomic E-state index is -0.207. The van der Waals surface area contributed by atoms with Gasteiger partial charge in [-0.25, -0.2) is 4.98 Å². The first-order chi connectivity index (χ1) is 14.0. The van der Waals surface area contributed by atoms with E-state index in [1.54, 1.807) is 6.20 Å². The van der Waals surface area contributed by atoms with Gasteiger partial charge >= 0.3 is 0 Å². The van der Waals surface area contributed by atoms with Crippen LogP contribution in [0.2, 0.25) is 0 Å². The molecule has 0 aliphatic carbocycles. The third-order valence-corrected chi connectivity index (χ3v) is 5.77. The van der Waals surface area contributed by atoms with Crippen molar-refractivity contribution < 1.29 is 9.90 Å². The van der Waals surface area contributed by atoms with Crippen molar-refractivity contribution in [1.82, 2.24) is 9.88 Å². The molecule has 0 saturated carbocycles. The molecule has 1 aromatic carbocycles. The van der Waals surface area contributed by atoms with Crippen molar-refractivity contribution in [1.29, 1.82) is 0 Å². The van der Waals surface area contributed by atoms with Crippen LogP contribution in [-0.2, 0) is 6.42 Å². The van der Waals surface area contributed by atoms with E-state index < -0.39 is 0 Å². The molecule has 0 unspecified atom stereocenters. The molecular formula is C24H33N3O2. The first-order valence-corrected chi connectivity index (χ1v) is 10.6. The lowest BCUT2D eigenvalue weighted by Crippen LogP contribution is -2.38. The average molecular weight is 396 g/mol. The van der Waals surface area contributed by atoms with E-state index >= 15 is 0 Å². The summed E-state index contributed by atoms with van der Waals surface area (Å²) in [6.07, 6.45) is 6.10. The molecule has 2 N–H and O–H groups in total. The Morgan fingerprint density at radius 1 is 1.17 bits per heavy atom. The van der Waals surface area contributed by atoms with Gasteiger partial charge in [0.1, 0.15) is 5.82 Å². The topological polar surface area (TPSA) is 65.5 Å². The number of piperidine rings is 1. The zero-order valence-electron chi connectivity index (χ0n) is 17.6. The van der Waals surface area contributed by atoms with E-state index in [4.69, 9.17) is 0 Å². The Hall–Kier alpha value is -2.40. The van der Waals surface area contributed by atoms with Crippen LogP contribution in [0.5, 0.6) is 0 Å². The number of aliphatic hydroxyl groups excluding tert-OH is 1. The lowest BCUT2D eigenvalue weighted by Gasteiger charge is -2.32. The third-order valence-electron chi connectivity index (χ3n) is 5.77. The minimum Gasteiger partial charge on any atom is -0.396 e. The quantitative estimate of drug-likeness (QED) is 0.709. The van der Waals surface area contributed by atoms with Crippen molar-refractivity contribution in [3.63, 3.8) is 0 Å². The van der Waals surface area contributed by atoms with Crippen LogP contribution in [0.1, 0.15) is 49.0 Å². The van der Waals surface area contributed by atoms with Crippen LogP contribution in [0.25, 0.3) is 0 Å². The zero-order valence-corrected chi connectivity index (χ0v) is 17.6. The number of hydrogen-bond acceptors (Lipinski definition) is 4. The van der Waals surface area contributed by atoms with Gasteiger partial charge in [-0.3, -0.25) is 4.79 Å². The molecule has 0 radical (unpaired) electrons. The van der Waals surface area contributed by atoms with Gasteiger partial charge in [-0.1, -0.05) is 44.2 Å². The number of hydrogen-bond donors (Lipinski definition) is 2. The Balaban J connectivity index is 1.45. The molecule has 1 aliphatic rings. The lowest BCUT2D eigenvalue weighted by molar-refractivity contribution is 0.0686. The van der Waals surface area contributed by atoms with Crippen molar-refractivity contribution >= 4 is 11.7 Å². The average Bonchev–Trinajstić information content (AvgIpc) is 2.77. The number of rotatable bonds is 8. The number of benzene rings is 1. The fraction of sp³-hybridized carbons (Fsp3) is 0.500. The van der Waals surface area contributed by atoms with E-state index in [1.807, 2.05) is 30.9 Å². The van der Waals surface area contributed by atoms with Crippen LogP contribution in [0.4, 0.5) is 5.82 Å². The van der Waals surface area contributed by atoms with E-state index in [-0.39, 0.29) is 17.9 Å². The van der Waals surface area contributed by atoms with Crippen LogP contribution in [0, 0.1) is 11.3 Å². The molecule has 1 fully saturated rings. The molecule has 2 aromatic rings. The normalized spacial score (nSPS) is 15.3. The van der Waals surface area contributed by atoms with Gasteiger partial charge in [-0.15, -0.1) is 0 Å². The Labute approximate surface area is 174 Å². The minimum absolute atomic E-state index is 0.0706. The number of pyridine rings is 1. The second-order valence-corrected chi connectivity index (χ2v) is 8.87. The summed E-state index contributed by atoms with van der Waals surface area (Å²) in [5.74, 6) is 1.49. The number of likely N-dealkylation sites (tertiary alicyclic amines) is 1. The first kappa shape index (κ1) is 21.3. The zero-order chi connectivity index (χ0) is 20.7. The molecule has 1 aromatic heterocycles. The highest BCUT2D eigenvalue weighted by atomic mass is 16.3. The number of nitrogens with zero attached hydrogens (tertiary/aromatic N) is 2. The second kappa shape index (κ2) is 9.88. The molecule has 5 heteroatoms. The van der Waals surface area contributed by atoms with E-state index in [2.05, 4.69) is 40.6 Å². The van der Waals surface area contributed by atoms with Gasteiger partial charge in [0.15, 0.2) is 0 Å². The van der Waals surface area contributed by atoms with Crippen molar-refractivity contribution in [2.24, 2.45) is 11.3 Å². The number of nitrogens with one attached hydrogen (secondary N) is 1. The fourth-order valence-electron chi connectivity index (χ4n) is 3.63. The maximum Gasteiger partial charge on any atom is 0.255 e. The van der Waals surface area contributed by atoms with Gasteiger partial charge in [-0.05, 0) is 49.3 Å². The highest BCUT2D eigenvalue weighted by Gasteiger charge is 2.24. The van der Waals surface area contributed by atoms with E-state index in [0.29, 0.717) is 18.0 Å². The molecule has 5 nitrogen and oxygen atoms in total. The summed E-state index contributed by atoms with van der Waals surface area (Å²) < 4.78 is 0. The number of aromatic nitrogens is 1. The monoisotopic (exact) mass is 395 g/mol. The van der Waals surface area contributed by atoms with Gasteiger partial charge in [0.25, 0.3) is 5.91 Å². The molecule has 156 valence electrons. The van der Waals surface area contributed by atoms with Crippen molar-refractivity contribution in [3.8, 4) is 0 Å². The number of aryl methyl sites for hydroxylation is 1. The molecule has 1 saturated heterocycles. The van der Waals surface area contributed by atoms with Crippen molar-refractivity contribution in [2.45, 2.75) is 39.5 Å². The summed E-state index contributed by atoms with van der Waals surface area (Å²) in [7, 11) is 0. The summed E-state index contributed by atoms with van der Waals surface area (Å²) >= 11 is 0. The highest BCUT2D eigenvalue weighted by molar-refractivity contribution is 5.94. The number of anilines is 1. The van der Waals surface area contributed by atoms with Crippen LogP contribution in [0.15, 0.2) is 48.7 Å². The molecule has 29 heavy (non-hydrogen) atoms. The van der Waals surface area contributed by atoms with Gasteiger partial charge in [-0.2, -0.15) is 0 Å². The molecular weight excluding hydrogens is 362 g/mol. The Morgan fingerprint density at radius 2 is 1.90 bits per heavy atom. The Kier molecular flexibility index (Phi) is 7.26. The molecule has 3 rings (SSSR count). The predicted octanol–water partition coefficient (Wildman–Crippen LogP) is 4.00. The largest absolute Gasteiger partial charge is 0.396 e. The van der Waals surface area contributed by atoms with Crippen molar-refractivity contribution in [2.75, 3.05) is 31.6 Å². The van der Waals surface area contributed by atoms with Gasteiger partial charge in [0.2, 0.25) is 0 Å². The lowest BCUT2D eigenvalue weighted by atomic mass is 9.90. The van der Waals surface area contributed by atoms with Crippen LogP contribution in [-0.4, -0.2) is 47.1 Å². The Morgan fingerprint density at radius 3 is 2.52 bits per heavy atom. The number of carbonyl (C=O) groups excluding carboxylic acids is 1. The first-order valence-electron chi connectivity index (χ1n) is 10.6. The summed E-state index contributed by atoms with van der Waals surface area (Å²) in [5.41, 5.74) is 1.83.